The molecule has 3 heterocycles. The molecule has 1 amide bonds. The summed E-state index contributed by atoms with van der Waals surface area (Å²) in [7, 11) is 0. The predicted molar refractivity (Wildman–Crippen MR) is 107 cm³/mol. The second-order valence-electron chi connectivity index (χ2n) is 5.74. The normalized spacial score (nSPS) is 11.0. The summed E-state index contributed by atoms with van der Waals surface area (Å²) in [5, 5.41) is 19.9. The van der Waals surface area contributed by atoms with Gasteiger partial charge in [0, 0.05) is 17.3 Å². The number of allylic oxidation sites excluding steroid dienone is 1. The number of anilines is 1. The Hall–Kier alpha value is -3.11. The Bertz CT molecular complexity index is 1180. The van der Waals surface area contributed by atoms with Gasteiger partial charge in [0.15, 0.2) is 15.6 Å². The molecule has 0 spiro atoms. The summed E-state index contributed by atoms with van der Waals surface area (Å²) >= 11 is 6.56. The molecule has 3 aromatic heterocycles. The second-order valence-corrected chi connectivity index (χ2v) is 6.98. The summed E-state index contributed by atoms with van der Waals surface area (Å²) in [6.07, 6.45) is 2.26. The molecule has 3 N–H and O–H groups in total. The third-order valence-corrected chi connectivity index (χ3v) is 5.06. The van der Waals surface area contributed by atoms with Crippen LogP contribution in [-0.4, -0.2) is 35.9 Å². The number of benzene rings is 1. The molecule has 1 aromatic carbocycles. The van der Waals surface area contributed by atoms with Gasteiger partial charge in [0.25, 0.3) is 5.91 Å². The van der Waals surface area contributed by atoms with Gasteiger partial charge >= 0.3 is 0 Å². The zero-order valence-electron chi connectivity index (χ0n) is 14.1. The zero-order valence-corrected chi connectivity index (χ0v) is 15.7. The molecule has 8 nitrogen and oxygen atoms in total. The first-order chi connectivity index (χ1) is 13.2. The molecule has 0 radical (unpaired) electrons. The SMILES string of the molecule is C=CCn1c(Cc2csc(NC(=O)c3n[nH]c4ccccc34)n2)n[nH]c1=S. The van der Waals surface area contributed by atoms with Gasteiger partial charge in [0.05, 0.1) is 17.6 Å². The van der Waals surface area contributed by atoms with Crippen molar-refractivity contribution >= 4 is 45.5 Å². The number of amides is 1. The van der Waals surface area contributed by atoms with E-state index in [1.165, 1.54) is 11.3 Å². The number of nitrogens with one attached hydrogen (secondary N) is 3. The minimum Gasteiger partial charge on any atom is -0.300 e. The molecule has 136 valence electrons. The van der Waals surface area contributed by atoms with Gasteiger partial charge in [-0.1, -0.05) is 24.3 Å². The number of aromatic nitrogens is 6. The number of thiazole rings is 1. The summed E-state index contributed by atoms with van der Waals surface area (Å²) in [6.45, 7) is 4.30. The Morgan fingerprint density at radius 3 is 3.04 bits per heavy atom. The molecule has 0 fully saturated rings. The number of carbonyl (C=O) groups is 1. The molecule has 0 saturated carbocycles. The van der Waals surface area contributed by atoms with Crippen LogP contribution >= 0.6 is 23.6 Å². The molecule has 0 unspecified atom stereocenters. The summed E-state index contributed by atoms with van der Waals surface area (Å²) in [5.74, 6) is 0.462. The number of aromatic amines is 2. The minimum absolute atomic E-state index is 0.303. The molecule has 4 aromatic rings. The average molecular weight is 397 g/mol. The fourth-order valence-corrected chi connectivity index (χ4v) is 3.63. The smallest absolute Gasteiger partial charge is 0.278 e. The first-order valence-corrected chi connectivity index (χ1v) is 9.38. The van der Waals surface area contributed by atoms with E-state index in [-0.39, 0.29) is 5.91 Å². The lowest BCUT2D eigenvalue weighted by molar-refractivity contribution is 0.102. The van der Waals surface area contributed by atoms with Crippen molar-refractivity contribution in [1.29, 1.82) is 0 Å². The number of fused-ring (bicyclic) bond motifs is 1. The average Bonchev–Trinajstić information content (AvgIpc) is 3.37. The summed E-state index contributed by atoms with van der Waals surface area (Å²) in [6, 6.07) is 7.48. The van der Waals surface area contributed by atoms with Gasteiger partial charge in [-0.15, -0.1) is 17.9 Å². The minimum atomic E-state index is -0.303. The number of carbonyl (C=O) groups excluding carboxylic acids is 1. The number of hydrogen-bond donors (Lipinski definition) is 3. The highest BCUT2D eigenvalue weighted by atomic mass is 32.1. The van der Waals surface area contributed by atoms with Crippen LogP contribution in [0.4, 0.5) is 5.13 Å². The Labute approximate surface area is 163 Å². The molecule has 0 aliphatic rings. The van der Waals surface area contributed by atoms with Crippen molar-refractivity contribution in [1.82, 2.24) is 29.9 Å². The van der Waals surface area contributed by atoms with E-state index in [9.17, 15) is 4.79 Å². The monoisotopic (exact) mass is 397 g/mol. The quantitative estimate of drug-likeness (QED) is 0.342. The van der Waals surface area contributed by atoms with E-state index in [2.05, 4.69) is 37.3 Å². The maximum atomic E-state index is 12.5. The predicted octanol–water partition coefficient (Wildman–Crippen LogP) is 3.30. The molecule has 10 heteroatoms. The van der Waals surface area contributed by atoms with Gasteiger partial charge in [0.2, 0.25) is 0 Å². The largest absolute Gasteiger partial charge is 0.300 e. The van der Waals surface area contributed by atoms with Crippen LogP contribution in [0.2, 0.25) is 0 Å². The van der Waals surface area contributed by atoms with Gasteiger partial charge < -0.3 is 0 Å². The van der Waals surface area contributed by atoms with Crippen molar-refractivity contribution in [2.75, 3.05) is 5.32 Å². The Balaban J connectivity index is 1.51. The van der Waals surface area contributed by atoms with Crippen LogP contribution in [0.15, 0.2) is 42.3 Å². The Morgan fingerprint density at radius 2 is 2.19 bits per heavy atom. The molecule has 0 atom stereocenters. The van der Waals surface area contributed by atoms with Crippen molar-refractivity contribution in [2.24, 2.45) is 0 Å². The molecule has 4 rings (SSSR count). The van der Waals surface area contributed by atoms with Crippen molar-refractivity contribution in [2.45, 2.75) is 13.0 Å². The van der Waals surface area contributed by atoms with Gasteiger partial charge in [0.1, 0.15) is 5.82 Å². The van der Waals surface area contributed by atoms with Crippen molar-refractivity contribution < 1.29 is 4.79 Å². The maximum Gasteiger partial charge on any atom is 0.278 e. The molecular formula is C17H15N7OS2. The summed E-state index contributed by atoms with van der Waals surface area (Å²) in [4.78, 5) is 17.0. The van der Waals surface area contributed by atoms with E-state index in [0.717, 1.165) is 22.4 Å². The van der Waals surface area contributed by atoms with Gasteiger partial charge in [-0.25, -0.2) is 4.98 Å². The Kier molecular flexibility index (Phi) is 4.65. The van der Waals surface area contributed by atoms with E-state index in [4.69, 9.17) is 12.2 Å². The summed E-state index contributed by atoms with van der Waals surface area (Å²) in [5.41, 5.74) is 1.95. The van der Waals surface area contributed by atoms with Crippen LogP contribution in [0.1, 0.15) is 22.0 Å². The van der Waals surface area contributed by atoms with Gasteiger partial charge in [-0.2, -0.15) is 10.2 Å². The second kappa shape index (κ2) is 7.25. The number of para-hydroxylation sites is 1. The van der Waals surface area contributed by atoms with Crippen LogP contribution in [0.25, 0.3) is 10.9 Å². The van der Waals surface area contributed by atoms with Crippen LogP contribution in [0, 0.1) is 4.77 Å². The first kappa shape index (κ1) is 17.3. The van der Waals surface area contributed by atoms with Crippen molar-refractivity contribution in [3.63, 3.8) is 0 Å². The van der Waals surface area contributed by atoms with Crippen molar-refractivity contribution in [3.8, 4) is 0 Å². The van der Waals surface area contributed by atoms with Gasteiger partial charge in [-0.05, 0) is 18.3 Å². The number of rotatable bonds is 6. The lowest BCUT2D eigenvalue weighted by Crippen LogP contribution is -2.12. The highest BCUT2D eigenvalue weighted by molar-refractivity contribution is 7.71. The highest BCUT2D eigenvalue weighted by Gasteiger charge is 2.16. The molecular weight excluding hydrogens is 382 g/mol. The van der Waals surface area contributed by atoms with Crippen LogP contribution in [0.3, 0.4) is 0 Å². The van der Waals surface area contributed by atoms with Crippen LogP contribution in [0.5, 0.6) is 0 Å². The fraction of sp³-hybridized carbons (Fsp3) is 0.118. The molecule has 0 aliphatic heterocycles. The molecule has 0 bridgehead atoms. The molecule has 0 aliphatic carbocycles. The van der Waals surface area contributed by atoms with Crippen LogP contribution in [-0.2, 0) is 13.0 Å². The number of nitrogens with zero attached hydrogens (tertiary/aromatic N) is 4. The van der Waals surface area contributed by atoms with Crippen molar-refractivity contribution in [3.05, 3.63) is 64.3 Å². The number of hydrogen-bond acceptors (Lipinski definition) is 6. The fourth-order valence-electron chi connectivity index (χ4n) is 2.70. The summed E-state index contributed by atoms with van der Waals surface area (Å²) < 4.78 is 2.40. The topological polar surface area (TPSA) is 104 Å². The molecule has 27 heavy (non-hydrogen) atoms. The van der Waals surface area contributed by atoms with E-state index >= 15 is 0 Å². The van der Waals surface area contributed by atoms with Gasteiger partial charge in [-0.3, -0.25) is 24.9 Å². The third kappa shape index (κ3) is 3.44. The van der Waals surface area contributed by atoms with E-state index in [0.29, 0.717) is 28.6 Å². The first-order valence-electron chi connectivity index (χ1n) is 8.09. The lowest BCUT2D eigenvalue weighted by atomic mass is 10.2. The zero-order chi connectivity index (χ0) is 18.8. The third-order valence-electron chi connectivity index (χ3n) is 3.95. The standard InChI is InChI=1S/C17H15N7OS2/c1-2-7-24-13(21-23-17(24)26)8-10-9-27-16(18-10)19-15(25)14-11-5-3-4-6-12(11)20-22-14/h2-6,9H,1,7-8H2,(H,20,22)(H,23,26)(H,18,19,25). The van der Waals surface area contributed by atoms with E-state index < -0.39 is 0 Å². The van der Waals surface area contributed by atoms with E-state index in [1.54, 1.807) is 6.08 Å². The van der Waals surface area contributed by atoms with Crippen LogP contribution < -0.4 is 5.32 Å². The molecule has 0 saturated heterocycles. The lowest BCUT2D eigenvalue weighted by Gasteiger charge is -2.01. The maximum absolute atomic E-state index is 12.5. The highest BCUT2D eigenvalue weighted by Crippen LogP contribution is 2.20. The van der Waals surface area contributed by atoms with E-state index in [1.807, 2.05) is 34.2 Å². The number of H-pyrrole nitrogens is 2. The Morgan fingerprint density at radius 1 is 1.33 bits per heavy atom.